The molecule has 3 heterocycles. The Morgan fingerprint density at radius 2 is 1.81 bits per heavy atom. The van der Waals surface area contributed by atoms with Crippen molar-refractivity contribution in [2.45, 2.75) is 57.9 Å². The molecule has 4 rings (SSSR count). The van der Waals surface area contributed by atoms with Crippen LogP contribution in [0.3, 0.4) is 0 Å². The largest absolute Gasteiger partial charge is 0.434 e. The maximum atomic E-state index is 12.6. The van der Waals surface area contributed by atoms with Gasteiger partial charge in [-0.05, 0) is 25.7 Å². The van der Waals surface area contributed by atoms with Crippen molar-refractivity contribution < 1.29 is 18.0 Å². The van der Waals surface area contributed by atoms with E-state index in [0.717, 1.165) is 25.2 Å². The molecule has 3 N–H and O–H groups in total. The predicted octanol–water partition coefficient (Wildman–Crippen LogP) is 3.06. The molecule has 12 heteroatoms. The molecule has 1 fully saturated rings. The average molecular weight is 450 g/mol. The summed E-state index contributed by atoms with van der Waals surface area (Å²) in [6.45, 7) is 5.80. The van der Waals surface area contributed by atoms with Crippen LogP contribution >= 0.6 is 0 Å². The van der Waals surface area contributed by atoms with E-state index in [1.807, 2.05) is 32.7 Å². The minimum atomic E-state index is -4.50. The smallest absolute Gasteiger partial charge is 0.366 e. The van der Waals surface area contributed by atoms with Crippen LogP contribution in [0.5, 0.6) is 0 Å². The molecule has 0 unspecified atom stereocenters. The standard InChI is InChI=1S/C20H25F3N8O/c1-9(2)16-18(32)29-15-10(3)26-19(30-17(15)31(16)4)28-12-5-11(6-12)27-14-8-24-13(7-25-14)20(21,22)23/h7-9,11-12,16H,5-6H2,1-4H3,(H,25,27)(H,29,32)(H,26,28,30)/t11-,12-,16-/m0/s1. The fourth-order valence-corrected chi connectivity index (χ4v) is 4.07. The van der Waals surface area contributed by atoms with Crippen LogP contribution in [0.15, 0.2) is 12.4 Å². The Hall–Kier alpha value is -3.18. The number of nitrogens with one attached hydrogen (secondary N) is 3. The topological polar surface area (TPSA) is 108 Å². The number of nitrogens with zero attached hydrogens (tertiary/aromatic N) is 5. The van der Waals surface area contributed by atoms with E-state index in [1.165, 1.54) is 0 Å². The lowest BCUT2D eigenvalue weighted by atomic mass is 9.87. The minimum Gasteiger partial charge on any atom is -0.366 e. The number of anilines is 4. The lowest BCUT2D eigenvalue weighted by molar-refractivity contribution is -0.141. The molecule has 1 atom stereocenters. The molecule has 2 aromatic rings. The normalized spacial score (nSPS) is 22.8. The number of carbonyl (C=O) groups is 1. The van der Waals surface area contributed by atoms with E-state index in [2.05, 4.69) is 35.9 Å². The number of aryl methyl sites for hydroxylation is 1. The van der Waals surface area contributed by atoms with E-state index < -0.39 is 11.9 Å². The molecular weight excluding hydrogens is 425 g/mol. The van der Waals surface area contributed by atoms with Crippen LogP contribution in [-0.2, 0) is 11.0 Å². The highest BCUT2D eigenvalue weighted by atomic mass is 19.4. The number of fused-ring (bicyclic) bond motifs is 1. The van der Waals surface area contributed by atoms with Crippen molar-refractivity contribution in [3.05, 3.63) is 23.8 Å². The predicted molar refractivity (Wildman–Crippen MR) is 114 cm³/mol. The fourth-order valence-electron chi connectivity index (χ4n) is 4.07. The maximum absolute atomic E-state index is 12.6. The highest BCUT2D eigenvalue weighted by Crippen LogP contribution is 2.35. The van der Waals surface area contributed by atoms with Gasteiger partial charge in [-0.1, -0.05) is 13.8 Å². The van der Waals surface area contributed by atoms with Gasteiger partial charge in [0.1, 0.15) is 17.5 Å². The Morgan fingerprint density at radius 3 is 2.41 bits per heavy atom. The molecule has 1 saturated carbocycles. The minimum absolute atomic E-state index is 0.0598. The number of hydrogen-bond acceptors (Lipinski definition) is 8. The monoisotopic (exact) mass is 450 g/mol. The highest BCUT2D eigenvalue weighted by Gasteiger charge is 2.36. The van der Waals surface area contributed by atoms with E-state index in [-0.39, 0.29) is 30.0 Å². The van der Waals surface area contributed by atoms with Crippen LogP contribution in [0.25, 0.3) is 0 Å². The summed E-state index contributed by atoms with van der Waals surface area (Å²) in [6.07, 6.45) is -1.24. The zero-order chi connectivity index (χ0) is 23.2. The van der Waals surface area contributed by atoms with Crippen molar-refractivity contribution in [3.8, 4) is 0 Å². The first-order valence-corrected chi connectivity index (χ1v) is 10.4. The number of hydrogen-bond donors (Lipinski definition) is 3. The van der Waals surface area contributed by atoms with Gasteiger partial charge in [-0.3, -0.25) is 4.79 Å². The molecule has 0 radical (unpaired) electrons. The van der Waals surface area contributed by atoms with E-state index in [0.29, 0.717) is 29.0 Å². The van der Waals surface area contributed by atoms with Crippen LogP contribution in [0.1, 0.15) is 38.1 Å². The third-order valence-electron chi connectivity index (χ3n) is 5.74. The Labute approximate surface area is 183 Å². The van der Waals surface area contributed by atoms with Gasteiger partial charge in [-0.2, -0.15) is 18.2 Å². The van der Waals surface area contributed by atoms with Crippen molar-refractivity contribution >= 4 is 29.2 Å². The van der Waals surface area contributed by atoms with Gasteiger partial charge >= 0.3 is 6.18 Å². The highest BCUT2D eigenvalue weighted by molar-refractivity contribution is 6.03. The SMILES string of the molecule is Cc1nc(N[C@H]2C[C@H](Nc3cnc(C(F)(F)F)cn3)C2)nc2c1NC(=O)[C@H](C(C)C)N2C. The molecule has 0 spiro atoms. The molecule has 1 aliphatic heterocycles. The second-order valence-electron chi connectivity index (χ2n) is 8.56. The summed E-state index contributed by atoms with van der Waals surface area (Å²) >= 11 is 0. The van der Waals surface area contributed by atoms with Gasteiger partial charge in [0.25, 0.3) is 0 Å². The molecular formula is C20H25F3N8O. The van der Waals surface area contributed by atoms with Crippen molar-refractivity contribution in [1.82, 2.24) is 19.9 Å². The Bertz CT molecular complexity index is 1010. The number of alkyl halides is 3. The van der Waals surface area contributed by atoms with Crippen LogP contribution < -0.4 is 20.9 Å². The fraction of sp³-hybridized carbons (Fsp3) is 0.550. The average Bonchev–Trinajstić information content (AvgIpc) is 2.67. The summed E-state index contributed by atoms with van der Waals surface area (Å²) in [5, 5.41) is 9.31. The maximum Gasteiger partial charge on any atom is 0.434 e. The van der Waals surface area contributed by atoms with E-state index >= 15 is 0 Å². The summed E-state index contributed by atoms with van der Waals surface area (Å²) in [5.74, 6) is 1.50. The van der Waals surface area contributed by atoms with Crippen LogP contribution in [0, 0.1) is 12.8 Å². The van der Waals surface area contributed by atoms with Gasteiger partial charge in [0, 0.05) is 19.1 Å². The number of aromatic nitrogens is 4. The quantitative estimate of drug-likeness (QED) is 0.638. The first-order chi connectivity index (χ1) is 15.0. The summed E-state index contributed by atoms with van der Waals surface area (Å²) in [6, 6.07) is -0.145. The first-order valence-electron chi connectivity index (χ1n) is 10.4. The van der Waals surface area contributed by atoms with Crippen molar-refractivity contribution in [1.29, 1.82) is 0 Å². The summed E-state index contributed by atoms with van der Waals surface area (Å²) in [7, 11) is 1.85. The second kappa shape index (κ2) is 8.06. The second-order valence-corrected chi connectivity index (χ2v) is 8.56. The molecule has 2 aromatic heterocycles. The summed E-state index contributed by atoms with van der Waals surface area (Å²) in [5.41, 5.74) is 0.278. The van der Waals surface area contributed by atoms with Gasteiger partial charge in [-0.15, -0.1) is 0 Å². The Kier molecular flexibility index (Phi) is 5.55. The molecule has 1 aliphatic carbocycles. The lowest BCUT2D eigenvalue weighted by Crippen LogP contribution is -2.50. The van der Waals surface area contributed by atoms with Gasteiger partial charge in [0.2, 0.25) is 11.9 Å². The van der Waals surface area contributed by atoms with Crippen LogP contribution in [-0.4, -0.2) is 51.0 Å². The van der Waals surface area contributed by atoms with Gasteiger partial charge in [-0.25, -0.2) is 15.0 Å². The van der Waals surface area contributed by atoms with E-state index in [9.17, 15) is 18.0 Å². The Morgan fingerprint density at radius 1 is 1.12 bits per heavy atom. The van der Waals surface area contributed by atoms with Crippen LogP contribution in [0.4, 0.5) is 36.4 Å². The number of halogens is 3. The zero-order valence-corrected chi connectivity index (χ0v) is 18.2. The number of carbonyl (C=O) groups excluding carboxylic acids is 1. The first kappa shape index (κ1) is 22.0. The van der Waals surface area contributed by atoms with Gasteiger partial charge in [0.15, 0.2) is 11.5 Å². The number of amides is 1. The molecule has 0 aromatic carbocycles. The van der Waals surface area contributed by atoms with Gasteiger partial charge in [0.05, 0.1) is 18.1 Å². The zero-order valence-electron chi connectivity index (χ0n) is 18.2. The number of likely N-dealkylation sites (N-methyl/N-ethyl adjacent to an activating group) is 1. The number of rotatable bonds is 5. The molecule has 172 valence electrons. The molecule has 0 bridgehead atoms. The Balaban J connectivity index is 1.37. The third-order valence-corrected chi connectivity index (χ3v) is 5.74. The molecule has 2 aliphatic rings. The van der Waals surface area contributed by atoms with Gasteiger partial charge < -0.3 is 20.9 Å². The van der Waals surface area contributed by atoms with E-state index in [4.69, 9.17) is 0 Å². The summed E-state index contributed by atoms with van der Waals surface area (Å²) in [4.78, 5) is 30.6. The molecule has 0 saturated heterocycles. The van der Waals surface area contributed by atoms with Crippen molar-refractivity contribution in [3.63, 3.8) is 0 Å². The lowest BCUT2D eigenvalue weighted by Gasteiger charge is -2.38. The molecule has 9 nitrogen and oxygen atoms in total. The van der Waals surface area contributed by atoms with Crippen LogP contribution in [0.2, 0.25) is 0 Å². The van der Waals surface area contributed by atoms with E-state index in [1.54, 1.807) is 0 Å². The molecule has 32 heavy (non-hydrogen) atoms. The summed E-state index contributed by atoms with van der Waals surface area (Å²) < 4.78 is 37.8. The molecule has 1 amide bonds. The third kappa shape index (κ3) is 4.26. The van der Waals surface area contributed by atoms with Crippen molar-refractivity contribution in [2.24, 2.45) is 5.92 Å². The van der Waals surface area contributed by atoms with Crippen molar-refractivity contribution in [2.75, 3.05) is 27.9 Å².